The van der Waals surface area contributed by atoms with Crippen LogP contribution in [0.4, 0.5) is 5.95 Å². The molecule has 1 saturated heterocycles. The first-order valence-corrected chi connectivity index (χ1v) is 8.56. The summed E-state index contributed by atoms with van der Waals surface area (Å²) in [6.45, 7) is 3.05. The van der Waals surface area contributed by atoms with Crippen molar-refractivity contribution in [2.24, 2.45) is 0 Å². The Balaban J connectivity index is 2.09. The highest BCUT2D eigenvalue weighted by Gasteiger charge is 2.50. The number of nitrogens with one attached hydrogen (secondary N) is 2. The lowest BCUT2D eigenvalue weighted by Gasteiger charge is -2.23. The lowest BCUT2D eigenvalue weighted by molar-refractivity contribution is -0.165. The molecule has 0 aliphatic carbocycles. The van der Waals surface area contributed by atoms with Gasteiger partial charge >= 0.3 is 11.9 Å². The number of amides is 1. The number of esters is 2. The molecule has 1 aliphatic heterocycles. The molecule has 2 aromatic rings. The molecule has 1 fully saturated rings. The van der Waals surface area contributed by atoms with E-state index in [1.807, 2.05) is 0 Å². The minimum absolute atomic E-state index is 0.0276. The van der Waals surface area contributed by atoms with Crippen molar-refractivity contribution in [3.63, 3.8) is 0 Å². The molecular formula is C16H19N5O8. The number of hydrogen-bond donors (Lipinski definition) is 3. The number of ether oxygens (including phenoxy) is 3. The van der Waals surface area contributed by atoms with E-state index < -0.39 is 54.6 Å². The molecule has 0 radical (unpaired) electrons. The van der Waals surface area contributed by atoms with Crippen LogP contribution in [0.2, 0.25) is 0 Å². The van der Waals surface area contributed by atoms with Crippen molar-refractivity contribution >= 4 is 35.0 Å². The van der Waals surface area contributed by atoms with E-state index in [2.05, 4.69) is 20.3 Å². The zero-order valence-electron chi connectivity index (χ0n) is 15.7. The smallest absolute Gasteiger partial charge is 0.303 e. The second kappa shape index (κ2) is 7.97. The molecule has 0 spiro atoms. The molecule has 0 saturated carbocycles. The highest BCUT2D eigenvalue weighted by atomic mass is 16.6. The van der Waals surface area contributed by atoms with Crippen molar-refractivity contribution in [3.8, 4) is 0 Å². The molecule has 1 aliphatic rings. The quantitative estimate of drug-likeness (QED) is 0.510. The molecule has 3 heterocycles. The van der Waals surface area contributed by atoms with Gasteiger partial charge in [-0.25, -0.2) is 4.98 Å². The van der Waals surface area contributed by atoms with E-state index in [0.29, 0.717) is 0 Å². The number of aromatic amines is 1. The van der Waals surface area contributed by atoms with Gasteiger partial charge in [-0.2, -0.15) is 4.98 Å². The minimum Gasteiger partial charge on any atom is -0.456 e. The highest BCUT2D eigenvalue weighted by molar-refractivity contribution is 5.87. The van der Waals surface area contributed by atoms with Crippen LogP contribution in [0.1, 0.15) is 27.0 Å². The third kappa shape index (κ3) is 4.09. The van der Waals surface area contributed by atoms with Gasteiger partial charge < -0.3 is 19.3 Å². The van der Waals surface area contributed by atoms with Crippen LogP contribution in [0.25, 0.3) is 11.2 Å². The molecule has 3 N–H and O–H groups in total. The third-order valence-corrected chi connectivity index (χ3v) is 4.07. The maximum atomic E-state index is 12.2. The molecular weight excluding hydrogens is 390 g/mol. The summed E-state index contributed by atoms with van der Waals surface area (Å²) in [5.74, 6) is -1.90. The Morgan fingerprint density at radius 1 is 1.24 bits per heavy atom. The summed E-state index contributed by atoms with van der Waals surface area (Å²) in [7, 11) is 0. The van der Waals surface area contributed by atoms with E-state index in [9.17, 15) is 24.3 Å². The molecule has 0 unspecified atom stereocenters. The summed E-state index contributed by atoms with van der Waals surface area (Å²) in [4.78, 5) is 57.1. The summed E-state index contributed by atoms with van der Waals surface area (Å²) in [6.07, 6.45) is -3.11. The van der Waals surface area contributed by atoms with Crippen LogP contribution in [0.3, 0.4) is 0 Å². The Morgan fingerprint density at radius 2 is 1.90 bits per heavy atom. The maximum absolute atomic E-state index is 12.2. The monoisotopic (exact) mass is 409 g/mol. The number of carbonyl (C=O) groups is 3. The summed E-state index contributed by atoms with van der Waals surface area (Å²) < 4.78 is 17.5. The molecule has 1 amide bonds. The van der Waals surface area contributed by atoms with Crippen LogP contribution in [0.5, 0.6) is 0 Å². The van der Waals surface area contributed by atoms with Gasteiger partial charge in [-0.15, -0.1) is 0 Å². The number of rotatable bonds is 5. The average molecular weight is 409 g/mol. The Morgan fingerprint density at radius 3 is 2.48 bits per heavy atom. The van der Waals surface area contributed by atoms with E-state index >= 15 is 0 Å². The number of aromatic nitrogens is 4. The fourth-order valence-electron chi connectivity index (χ4n) is 3.07. The molecule has 2 aromatic heterocycles. The van der Waals surface area contributed by atoms with Gasteiger partial charge in [-0.3, -0.25) is 34.0 Å². The normalized spacial score (nSPS) is 23.7. The predicted molar refractivity (Wildman–Crippen MR) is 94.6 cm³/mol. The Labute approximate surface area is 163 Å². The number of carbonyl (C=O) groups excluding carboxylic acids is 3. The number of anilines is 1. The van der Waals surface area contributed by atoms with Gasteiger partial charge in [0, 0.05) is 20.8 Å². The Hall–Kier alpha value is -3.32. The summed E-state index contributed by atoms with van der Waals surface area (Å²) >= 11 is 0. The molecule has 13 nitrogen and oxygen atoms in total. The number of aliphatic hydroxyl groups excluding tert-OH is 1. The van der Waals surface area contributed by atoms with Crippen molar-refractivity contribution < 1.29 is 33.7 Å². The van der Waals surface area contributed by atoms with Crippen LogP contribution >= 0.6 is 0 Å². The van der Waals surface area contributed by atoms with Gasteiger partial charge in [-0.1, -0.05) is 0 Å². The van der Waals surface area contributed by atoms with Gasteiger partial charge in [0.1, 0.15) is 6.10 Å². The first kappa shape index (κ1) is 20.4. The molecule has 0 aromatic carbocycles. The van der Waals surface area contributed by atoms with Gasteiger partial charge in [0.15, 0.2) is 29.6 Å². The first-order chi connectivity index (χ1) is 13.7. The summed E-state index contributed by atoms with van der Waals surface area (Å²) in [5.41, 5.74) is -0.643. The standard InChI is InChI=1S/C16H19N5O8/c1-6(23)18-16-19-13-10(14(26)20-16)17-5-21(13)15-12(28-8(3)25)11(27-7(2)24)9(4-22)29-15/h5,9,11-12,15,22H,4H2,1-3H3,(H2,18,19,20,23,26)/t9-,11-,12-,15-/m1/s1. The van der Waals surface area contributed by atoms with E-state index in [1.165, 1.54) is 24.7 Å². The molecule has 29 heavy (non-hydrogen) atoms. The number of nitrogens with zero attached hydrogens (tertiary/aromatic N) is 3. The van der Waals surface area contributed by atoms with Crippen molar-refractivity contribution in [3.05, 3.63) is 16.7 Å². The number of imidazole rings is 1. The first-order valence-electron chi connectivity index (χ1n) is 8.56. The van der Waals surface area contributed by atoms with Crippen molar-refractivity contribution in [1.29, 1.82) is 0 Å². The molecule has 0 bridgehead atoms. The van der Waals surface area contributed by atoms with Gasteiger partial charge in [0.25, 0.3) is 5.56 Å². The molecule has 3 rings (SSSR count). The minimum atomic E-state index is -1.14. The lowest BCUT2D eigenvalue weighted by Crippen LogP contribution is -2.40. The summed E-state index contributed by atoms with van der Waals surface area (Å²) in [5, 5.41) is 12.0. The maximum Gasteiger partial charge on any atom is 0.303 e. The second-order valence-corrected chi connectivity index (χ2v) is 6.32. The fourth-order valence-corrected chi connectivity index (χ4v) is 3.07. The zero-order valence-corrected chi connectivity index (χ0v) is 15.7. The van der Waals surface area contributed by atoms with Crippen molar-refractivity contribution in [2.75, 3.05) is 11.9 Å². The van der Waals surface area contributed by atoms with E-state index in [4.69, 9.17) is 14.2 Å². The number of hydrogen-bond acceptors (Lipinski definition) is 10. The zero-order chi connectivity index (χ0) is 21.3. The topological polar surface area (TPSA) is 175 Å². The van der Waals surface area contributed by atoms with E-state index in [0.717, 1.165) is 6.92 Å². The fraction of sp³-hybridized carbons (Fsp3) is 0.500. The predicted octanol–water partition coefficient (Wildman–Crippen LogP) is -1.17. The Bertz CT molecular complexity index is 1010. The van der Waals surface area contributed by atoms with E-state index in [-0.39, 0.29) is 17.1 Å². The Kier molecular flexibility index (Phi) is 5.61. The van der Waals surface area contributed by atoms with Crippen molar-refractivity contribution in [1.82, 2.24) is 19.5 Å². The van der Waals surface area contributed by atoms with Crippen LogP contribution in [-0.4, -0.2) is 67.4 Å². The molecule has 4 atom stereocenters. The molecule has 156 valence electrons. The van der Waals surface area contributed by atoms with Crippen LogP contribution in [0.15, 0.2) is 11.1 Å². The van der Waals surface area contributed by atoms with Crippen LogP contribution < -0.4 is 10.9 Å². The van der Waals surface area contributed by atoms with E-state index in [1.54, 1.807) is 0 Å². The largest absolute Gasteiger partial charge is 0.456 e. The van der Waals surface area contributed by atoms with Gasteiger partial charge in [0.2, 0.25) is 11.9 Å². The van der Waals surface area contributed by atoms with Crippen LogP contribution in [-0.2, 0) is 28.6 Å². The van der Waals surface area contributed by atoms with Crippen LogP contribution in [0, 0.1) is 0 Å². The number of fused-ring (bicyclic) bond motifs is 1. The summed E-state index contributed by atoms with van der Waals surface area (Å²) in [6, 6.07) is 0. The molecule has 13 heteroatoms. The lowest BCUT2D eigenvalue weighted by atomic mass is 10.1. The SMILES string of the molecule is CC(=O)Nc1nc2c(ncn2[C@@H]2O[C@H](CO)[C@@H](OC(C)=O)[C@H]2OC(C)=O)c(=O)[nH]1. The average Bonchev–Trinajstić information content (AvgIpc) is 3.16. The van der Waals surface area contributed by atoms with Gasteiger partial charge in [0.05, 0.1) is 12.9 Å². The van der Waals surface area contributed by atoms with Crippen molar-refractivity contribution in [2.45, 2.75) is 45.3 Å². The third-order valence-electron chi connectivity index (χ3n) is 4.07. The second-order valence-electron chi connectivity index (χ2n) is 6.32. The highest BCUT2D eigenvalue weighted by Crippen LogP contribution is 2.35. The van der Waals surface area contributed by atoms with Gasteiger partial charge in [-0.05, 0) is 0 Å². The number of H-pyrrole nitrogens is 1. The number of aliphatic hydroxyl groups is 1.